The van der Waals surface area contributed by atoms with Gasteiger partial charge >= 0.3 is 5.97 Å². The zero-order valence-electron chi connectivity index (χ0n) is 24.7. The Morgan fingerprint density at radius 2 is 1.55 bits per heavy atom. The highest BCUT2D eigenvalue weighted by atomic mass is 16.7. The van der Waals surface area contributed by atoms with Crippen LogP contribution in [0.15, 0.2) is 12.2 Å². The lowest BCUT2D eigenvalue weighted by Gasteiger charge is -2.57. The number of Topliss-reactive ketones (excluding diaryl/α,β-unsaturated/α-hetero) is 1. The van der Waals surface area contributed by atoms with Gasteiger partial charge in [-0.1, -0.05) is 91.2 Å². The van der Waals surface area contributed by atoms with Gasteiger partial charge in [-0.25, -0.2) is 0 Å². The van der Waals surface area contributed by atoms with E-state index in [-0.39, 0.29) is 35.1 Å². The molecular weight excluding hydrogens is 476 g/mol. The molecule has 4 aliphatic rings. The molecule has 4 rings (SSSR count). The number of hydrogen-bond acceptors (Lipinski definition) is 5. The maximum absolute atomic E-state index is 13.7. The van der Waals surface area contributed by atoms with Crippen molar-refractivity contribution in [1.29, 1.82) is 0 Å². The first-order valence-electron chi connectivity index (χ1n) is 15.9. The number of hydrogen-bond donors (Lipinski definition) is 1. The molecule has 0 unspecified atom stereocenters. The molecule has 0 bridgehead atoms. The van der Waals surface area contributed by atoms with Crippen molar-refractivity contribution in [2.75, 3.05) is 6.61 Å². The third-order valence-electron chi connectivity index (χ3n) is 10.6. The van der Waals surface area contributed by atoms with E-state index in [1.54, 1.807) is 0 Å². The Hall–Kier alpha value is -1.20. The molecule has 5 heteroatoms. The molecule has 216 valence electrons. The lowest BCUT2D eigenvalue weighted by Crippen LogP contribution is -2.70. The minimum absolute atomic E-state index is 0.0409. The molecule has 3 saturated carbocycles. The van der Waals surface area contributed by atoms with Crippen LogP contribution in [0.5, 0.6) is 0 Å². The van der Waals surface area contributed by atoms with Crippen molar-refractivity contribution in [1.82, 2.24) is 0 Å². The Labute approximate surface area is 231 Å². The van der Waals surface area contributed by atoms with E-state index >= 15 is 0 Å². The van der Waals surface area contributed by atoms with Crippen LogP contribution in [0.1, 0.15) is 143 Å². The summed E-state index contributed by atoms with van der Waals surface area (Å²) in [5, 5.41) is 11.6. The fourth-order valence-electron chi connectivity index (χ4n) is 8.33. The number of epoxide rings is 1. The SMILES string of the molecule is CCCCCCCC/C=C\CCCCCCCC(=O)OC[C@]12O[C@]13CC[C@]3(C)[C@H]1CC(C)(C)C[C@@]1(O)C2=O. The fourth-order valence-corrected chi connectivity index (χ4v) is 8.33. The zero-order chi connectivity index (χ0) is 27.5. The normalized spacial score (nSPS) is 36.4. The second-order valence-electron chi connectivity index (χ2n) is 14.0. The molecule has 5 nitrogen and oxygen atoms in total. The Balaban J connectivity index is 1.09. The van der Waals surface area contributed by atoms with Gasteiger partial charge in [0.2, 0.25) is 5.78 Å². The first-order chi connectivity index (χ1) is 18.1. The van der Waals surface area contributed by atoms with Crippen molar-refractivity contribution >= 4 is 11.8 Å². The van der Waals surface area contributed by atoms with E-state index in [1.165, 1.54) is 57.8 Å². The summed E-state index contributed by atoms with van der Waals surface area (Å²) in [5.41, 5.74) is -3.34. The second kappa shape index (κ2) is 11.7. The van der Waals surface area contributed by atoms with Crippen LogP contribution < -0.4 is 0 Å². The van der Waals surface area contributed by atoms with Crippen molar-refractivity contribution in [3.05, 3.63) is 12.2 Å². The third-order valence-corrected chi connectivity index (χ3v) is 10.6. The van der Waals surface area contributed by atoms with Crippen molar-refractivity contribution in [2.24, 2.45) is 16.7 Å². The number of esters is 1. The first kappa shape index (κ1) is 29.8. The quantitative estimate of drug-likeness (QED) is 0.0905. The van der Waals surface area contributed by atoms with E-state index in [1.807, 2.05) is 0 Å². The van der Waals surface area contributed by atoms with E-state index in [9.17, 15) is 14.7 Å². The standard InChI is InChI=1S/C33H54O5/c1-5-6-7-8-9-10-11-12-13-14-15-16-17-18-19-20-27(34)37-25-32-28(35)31(36)24-29(2,3)23-26(31)30(4)21-22-33(30,32)38-32/h12-13,26,36H,5-11,14-25H2,1-4H3/b13-12-/t26-,30-,31+,32-,33+/m1/s1. The highest BCUT2D eigenvalue weighted by molar-refractivity contribution is 6.01. The maximum Gasteiger partial charge on any atom is 0.305 e. The van der Waals surface area contributed by atoms with E-state index in [0.717, 1.165) is 44.9 Å². The van der Waals surface area contributed by atoms with Crippen LogP contribution in [-0.4, -0.2) is 40.3 Å². The molecular formula is C33H54O5. The number of allylic oxidation sites excluding steroid dienone is 2. The highest BCUT2D eigenvalue weighted by Crippen LogP contribution is 2.80. The molecule has 1 aliphatic heterocycles. The summed E-state index contributed by atoms with van der Waals surface area (Å²) in [4.78, 5) is 26.2. The number of unbranched alkanes of at least 4 members (excludes halogenated alkanes) is 11. The van der Waals surface area contributed by atoms with Crippen LogP contribution in [0.25, 0.3) is 0 Å². The molecule has 4 fully saturated rings. The van der Waals surface area contributed by atoms with Gasteiger partial charge in [0, 0.05) is 17.8 Å². The summed E-state index contributed by atoms with van der Waals surface area (Å²) in [5.74, 6) is -0.558. The van der Waals surface area contributed by atoms with Crippen molar-refractivity contribution < 1.29 is 24.2 Å². The second-order valence-corrected chi connectivity index (χ2v) is 14.0. The van der Waals surface area contributed by atoms with Crippen LogP contribution in [0.2, 0.25) is 0 Å². The zero-order valence-corrected chi connectivity index (χ0v) is 24.7. The fraction of sp³-hybridized carbons (Fsp3) is 0.879. The van der Waals surface area contributed by atoms with Gasteiger partial charge in [-0.15, -0.1) is 0 Å². The molecule has 1 N–H and O–H groups in total. The molecule has 0 aromatic carbocycles. The largest absolute Gasteiger partial charge is 0.462 e. The molecule has 0 radical (unpaired) electrons. The number of carbonyl (C=O) groups excluding carboxylic acids is 2. The van der Waals surface area contributed by atoms with Gasteiger partial charge in [-0.05, 0) is 63.2 Å². The van der Waals surface area contributed by atoms with E-state index in [4.69, 9.17) is 9.47 Å². The average molecular weight is 531 g/mol. The number of rotatable bonds is 17. The third kappa shape index (κ3) is 5.40. The van der Waals surface area contributed by atoms with Gasteiger partial charge < -0.3 is 14.6 Å². The molecule has 5 atom stereocenters. The van der Waals surface area contributed by atoms with Crippen LogP contribution >= 0.6 is 0 Å². The van der Waals surface area contributed by atoms with Gasteiger partial charge in [-0.3, -0.25) is 9.59 Å². The van der Waals surface area contributed by atoms with E-state index in [0.29, 0.717) is 12.8 Å². The van der Waals surface area contributed by atoms with Crippen LogP contribution in [0, 0.1) is 16.7 Å². The molecule has 1 saturated heterocycles. The van der Waals surface area contributed by atoms with Crippen molar-refractivity contribution in [3.8, 4) is 0 Å². The number of fused-ring (bicyclic) bond motifs is 2. The topological polar surface area (TPSA) is 76.1 Å². The van der Waals surface area contributed by atoms with Gasteiger partial charge in [0.25, 0.3) is 0 Å². The van der Waals surface area contributed by atoms with Crippen LogP contribution in [0.4, 0.5) is 0 Å². The average Bonchev–Trinajstić information content (AvgIpc) is 3.52. The Kier molecular flexibility index (Phi) is 9.19. The smallest absolute Gasteiger partial charge is 0.305 e. The summed E-state index contributed by atoms with van der Waals surface area (Å²) in [6.45, 7) is 8.67. The van der Waals surface area contributed by atoms with Crippen LogP contribution in [-0.2, 0) is 19.1 Å². The molecule has 1 spiro atoms. The Bertz CT molecular complexity index is 879. The number of carbonyl (C=O) groups is 2. The predicted octanol–water partition coefficient (Wildman–Crippen LogP) is 7.63. The van der Waals surface area contributed by atoms with Gasteiger partial charge in [0.1, 0.15) is 17.8 Å². The van der Waals surface area contributed by atoms with Crippen LogP contribution in [0.3, 0.4) is 0 Å². The maximum atomic E-state index is 13.7. The van der Waals surface area contributed by atoms with E-state index in [2.05, 4.69) is 39.8 Å². The lowest BCUT2D eigenvalue weighted by atomic mass is 9.43. The first-order valence-corrected chi connectivity index (χ1v) is 15.9. The van der Waals surface area contributed by atoms with Gasteiger partial charge in [0.15, 0.2) is 5.60 Å². The van der Waals surface area contributed by atoms with Gasteiger partial charge in [0.05, 0.1) is 0 Å². The summed E-state index contributed by atoms with van der Waals surface area (Å²) in [7, 11) is 0. The summed E-state index contributed by atoms with van der Waals surface area (Å²) in [6.07, 6.45) is 24.0. The van der Waals surface area contributed by atoms with Crippen molar-refractivity contribution in [2.45, 2.75) is 160 Å². The monoisotopic (exact) mass is 530 g/mol. The number of ether oxygens (including phenoxy) is 2. The van der Waals surface area contributed by atoms with Gasteiger partial charge in [-0.2, -0.15) is 0 Å². The summed E-state index contributed by atoms with van der Waals surface area (Å²) >= 11 is 0. The van der Waals surface area contributed by atoms with Crippen molar-refractivity contribution in [3.63, 3.8) is 0 Å². The van der Waals surface area contributed by atoms with E-state index < -0.39 is 16.8 Å². The highest BCUT2D eigenvalue weighted by Gasteiger charge is 2.93. The molecule has 0 amide bonds. The predicted molar refractivity (Wildman–Crippen MR) is 151 cm³/mol. The molecule has 3 aliphatic carbocycles. The molecule has 0 aromatic rings. The number of aliphatic hydroxyl groups is 1. The minimum Gasteiger partial charge on any atom is -0.462 e. The summed E-state index contributed by atoms with van der Waals surface area (Å²) < 4.78 is 11.9. The minimum atomic E-state index is -1.37. The lowest BCUT2D eigenvalue weighted by molar-refractivity contribution is -0.176. The molecule has 1 heterocycles. The summed E-state index contributed by atoms with van der Waals surface area (Å²) in [6, 6.07) is 0. The Morgan fingerprint density at radius 3 is 2.16 bits per heavy atom. The molecule has 38 heavy (non-hydrogen) atoms. The Morgan fingerprint density at radius 1 is 0.947 bits per heavy atom. The molecule has 0 aromatic heterocycles. The number of ketones is 1.